The Hall–Kier alpha value is -3.24. The number of nitrogens with zero attached hydrogens (tertiary/aromatic N) is 2. The summed E-state index contributed by atoms with van der Waals surface area (Å²) in [6, 6.07) is 8.88. The van der Waals surface area contributed by atoms with Gasteiger partial charge in [0.25, 0.3) is 5.56 Å². The van der Waals surface area contributed by atoms with E-state index >= 15 is 0 Å². The van der Waals surface area contributed by atoms with Crippen molar-refractivity contribution in [1.29, 1.82) is 0 Å². The van der Waals surface area contributed by atoms with Gasteiger partial charge < -0.3 is 19.2 Å². The van der Waals surface area contributed by atoms with Crippen LogP contribution in [0.2, 0.25) is 0 Å². The smallest absolute Gasteiger partial charge is 0.263 e. The van der Waals surface area contributed by atoms with Crippen LogP contribution in [0.1, 0.15) is 22.6 Å². The molecule has 1 N–H and O–H groups in total. The van der Waals surface area contributed by atoms with Crippen molar-refractivity contribution in [3.63, 3.8) is 0 Å². The Morgan fingerprint density at radius 1 is 1.21 bits per heavy atom. The highest BCUT2D eigenvalue weighted by Gasteiger charge is 2.24. The largest absolute Gasteiger partial charge is 0.467 e. The third kappa shape index (κ3) is 3.79. The molecule has 168 valence electrons. The second kappa shape index (κ2) is 8.27. The molecule has 1 amide bonds. The van der Waals surface area contributed by atoms with Crippen molar-refractivity contribution >= 4 is 44.9 Å². The van der Waals surface area contributed by atoms with Crippen LogP contribution in [-0.2, 0) is 24.2 Å². The summed E-state index contributed by atoms with van der Waals surface area (Å²) in [4.78, 5) is 32.9. The van der Waals surface area contributed by atoms with Crippen LogP contribution in [-0.4, -0.2) is 28.0 Å². The van der Waals surface area contributed by atoms with E-state index in [-0.39, 0.29) is 30.6 Å². The van der Waals surface area contributed by atoms with E-state index in [0.29, 0.717) is 33.5 Å². The molecule has 8 nitrogen and oxygen atoms in total. The van der Waals surface area contributed by atoms with E-state index < -0.39 is 0 Å². The minimum atomic E-state index is -0.202. The van der Waals surface area contributed by atoms with Crippen LogP contribution < -0.4 is 20.3 Å². The Morgan fingerprint density at radius 3 is 3.00 bits per heavy atom. The molecule has 1 aliphatic heterocycles. The van der Waals surface area contributed by atoms with E-state index in [0.717, 1.165) is 29.7 Å². The van der Waals surface area contributed by atoms with Gasteiger partial charge in [-0.05, 0) is 49.1 Å². The molecule has 0 fully saturated rings. The first-order chi connectivity index (χ1) is 16.2. The third-order valence-corrected chi connectivity index (χ3v) is 7.83. The maximum Gasteiger partial charge on any atom is 0.263 e. The van der Waals surface area contributed by atoms with E-state index in [4.69, 9.17) is 18.9 Å². The second-order valence-corrected chi connectivity index (χ2v) is 9.83. The molecule has 1 aromatic carbocycles. The number of rotatable bonds is 6. The molecule has 1 aliphatic carbocycles. The monoisotopic (exact) mass is 481 g/mol. The van der Waals surface area contributed by atoms with E-state index in [1.165, 1.54) is 16.6 Å². The standard InChI is InChI=1S/C23H19N3O5S2/c27-19(24-13-6-7-16-17(9-13)31-12-30-16)11-32-23-25-21-20(15-4-1-5-18(15)33-21)22(28)26(23)10-14-3-2-8-29-14/h2-3,6-9H,1,4-5,10-12H2,(H,24,27). The van der Waals surface area contributed by atoms with Crippen LogP contribution in [0.5, 0.6) is 11.5 Å². The number of aromatic nitrogens is 2. The SMILES string of the molecule is O=C(CSc1nc2sc3c(c2c(=O)n1Cc1ccco1)CCC3)Nc1ccc2c(c1)OCO2. The molecule has 0 saturated carbocycles. The number of anilines is 1. The highest BCUT2D eigenvalue weighted by atomic mass is 32.2. The van der Waals surface area contributed by atoms with Gasteiger partial charge in [0.15, 0.2) is 16.7 Å². The molecule has 33 heavy (non-hydrogen) atoms. The van der Waals surface area contributed by atoms with Gasteiger partial charge in [-0.1, -0.05) is 11.8 Å². The molecule has 0 radical (unpaired) electrons. The number of benzene rings is 1. The third-order valence-electron chi connectivity index (χ3n) is 5.67. The highest BCUT2D eigenvalue weighted by molar-refractivity contribution is 7.99. The van der Waals surface area contributed by atoms with Gasteiger partial charge in [0.1, 0.15) is 10.6 Å². The highest BCUT2D eigenvalue weighted by Crippen LogP contribution is 2.36. The molecule has 3 aromatic heterocycles. The van der Waals surface area contributed by atoms with E-state index in [1.54, 1.807) is 46.4 Å². The van der Waals surface area contributed by atoms with E-state index in [1.807, 2.05) is 6.07 Å². The number of nitrogens with one attached hydrogen (secondary N) is 1. The van der Waals surface area contributed by atoms with Crippen LogP contribution in [0, 0.1) is 0 Å². The lowest BCUT2D eigenvalue weighted by Gasteiger charge is -2.11. The lowest BCUT2D eigenvalue weighted by Crippen LogP contribution is -2.24. The predicted octanol–water partition coefficient (Wildman–Crippen LogP) is 4.05. The summed E-state index contributed by atoms with van der Waals surface area (Å²) in [5, 5.41) is 4.08. The zero-order valence-electron chi connectivity index (χ0n) is 17.5. The van der Waals surface area contributed by atoms with Crippen LogP contribution in [0.4, 0.5) is 5.69 Å². The summed E-state index contributed by atoms with van der Waals surface area (Å²) in [5.74, 6) is 1.83. The lowest BCUT2D eigenvalue weighted by atomic mass is 10.2. The Bertz CT molecular complexity index is 1420. The molecule has 0 saturated heterocycles. The fraction of sp³-hybridized carbons (Fsp3) is 0.261. The summed E-state index contributed by atoms with van der Waals surface area (Å²) in [6.07, 6.45) is 4.57. The van der Waals surface area contributed by atoms with E-state index in [9.17, 15) is 9.59 Å². The van der Waals surface area contributed by atoms with Gasteiger partial charge >= 0.3 is 0 Å². The van der Waals surface area contributed by atoms with Crippen molar-refractivity contribution in [3.05, 3.63) is 63.1 Å². The first-order valence-electron chi connectivity index (χ1n) is 10.6. The number of carbonyl (C=O) groups excluding carboxylic acids is 1. The van der Waals surface area contributed by atoms with Gasteiger partial charge in [-0.3, -0.25) is 14.2 Å². The number of thioether (sulfide) groups is 1. The van der Waals surface area contributed by atoms with Crippen molar-refractivity contribution < 1.29 is 18.7 Å². The molecular weight excluding hydrogens is 462 g/mol. The molecule has 2 aliphatic rings. The summed E-state index contributed by atoms with van der Waals surface area (Å²) in [6.45, 7) is 0.446. The number of fused-ring (bicyclic) bond motifs is 4. The fourth-order valence-corrected chi connectivity index (χ4v) is 6.27. The predicted molar refractivity (Wildman–Crippen MR) is 126 cm³/mol. The molecule has 0 unspecified atom stereocenters. The van der Waals surface area contributed by atoms with Crippen molar-refractivity contribution in [2.45, 2.75) is 31.0 Å². The van der Waals surface area contributed by atoms with Crippen molar-refractivity contribution in [2.24, 2.45) is 0 Å². The quantitative estimate of drug-likeness (QED) is 0.328. The fourth-order valence-electron chi connectivity index (χ4n) is 4.17. The summed E-state index contributed by atoms with van der Waals surface area (Å²) in [5.41, 5.74) is 1.68. The van der Waals surface area contributed by atoms with Gasteiger partial charge in [-0.2, -0.15) is 0 Å². The number of hydrogen-bond acceptors (Lipinski definition) is 8. The zero-order chi connectivity index (χ0) is 22.4. The van der Waals surface area contributed by atoms with Crippen molar-refractivity contribution in [2.75, 3.05) is 17.9 Å². The second-order valence-electron chi connectivity index (χ2n) is 7.81. The van der Waals surface area contributed by atoms with Gasteiger partial charge in [0.05, 0.1) is 23.9 Å². The number of aryl methyl sites for hydroxylation is 2. The number of thiophene rings is 1. The Labute approximate surface area is 196 Å². The molecular formula is C23H19N3O5S2. The average Bonchev–Trinajstić information content (AvgIpc) is 3.59. The number of hydrogen-bond donors (Lipinski definition) is 1. The van der Waals surface area contributed by atoms with E-state index in [2.05, 4.69) is 5.32 Å². The average molecular weight is 482 g/mol. The summed E-state index contributed by atoms with van der Waals surface area (Å²) < 4.78 is 17.8. The van der Waals surface area contributed by atoms with Crippen LogP contribution in [0.25, 0.3) is 10.2 Å². The number of carbonyl (C=O) groups is 1. The van der Waals surface area contributed by atoms with Crippen LogP contribution in [0.3, 0.4) is 0 Å². The van der Waals surface area contributed by atoms with Gasteiger partial charge in [-0.25, -0.2) is 4.98 Å². The molecule has 0 bridgehead atoms. The van der Waals surface area contributed by atoms with Crippen LogP contribution >= 0.6 is 23.1 Å². The summed E-state index contributed by atoms with van der Waals surface area (Å²) in [7, 11) is 0. The molecule has 0 spiro atoms. The van der Waals surface area contributed by atoms with Crippen molar-refractivity contribution in [1.82, 2.24) is 9.55 Å². The minimum absolute atomic E-state index is 0.0746. The molecule has 6 rings (SSSR count). The maximum atomic E-state index is 13.5. The number of amides is 1. The van der Waals surface area contributed by atoms with Crippen LogP contribution in [0.15, 0.2) is 51.0 Å². The summed E-state index contributed by atoms with van der Waals surface area (Å²) >= 11 is 2.83. The van der Waals surface area contributed by atoms with Gasteiger partial charge in [-0.15, -0.1) is 11.3 Å². The lowest BCUT2D eigenvalue weighted by molar-refractivity contribution is -0.113. The topological polar surface area (TPSA) is 95.6 Å². The molecule has 10 heteroatoms. The first-order valence-corrected chi connectivity index (χ1v) is 12.4. The number of ether oxygens (including phenoxy) is 2. The molecule has 4 aromatic rings. The maximum absolute atomic E-state index is 13.5. The Balaban J connectivity index is 1.27. The van der Waals surface area contributed by atoms with Gasteiger partial charge in [0.2, 0.25) is 12.7 Å². The number of furan rings is 1. The Kier molecular flexibility index (Phi) is 5.11. The molecule has 0 atom stereocenters. The molecule has 4 heterocycles. The normalized spacial score (nSPS) is 14.1. The van der Waals surface area contributed by atoms with Crippen molar-refractivity contribution in [3.8, 4) is 11.5 Å². The Morgan fingerprint density at radius 2 is 2.12 bits per heavy atom. The minimum Gasteiger partial charge on any atom is -0.467 e. The first kappa shape index (κ1) is 20.4. The van der Waals surface area contributed by atoms with Gasteiger partial charge in [0, 0.05) is 16.6 Å². The zero-order valence-corrected chi connectivity index (χ0v) is 19.1.